The van der Waals surface area contributed by atoms with Gasteiger partial charge in [-0.3, -0.25) is 0 Å². The second-order valence-electron chi connectivity index (χ2n) is 7.08. The Morgan fingerprint density at radius 3 is 2.80 bits per heavy atom. The Hall–Kier alpha value is -2.88. The number of nitrogens with one attached hydrogen (secondary N) is 1. The van der Waals surface area contributed by atoms with Crippen molar-refractivity contribution < 1.29 is 13.9 Å². The normalized spacial score (nSPS) is 16.4. The molecule has 0 fully saturated rings. The molecule has 126 valence electrons. The van der Waals surface area contributed by atoms with Crippen LogP contribution in [0.15, 0.2) is 40.8 Å². The lowest BCUT2D eigenvalue weighted by molar-refractivity contribution is 0.159. The van der Waals surface area contributed by atoms with E-state index in [1.54, 1.807) is 0 Å². The SMILES string of the molecule is CNc1ccc2c(c1)OCc1c-2oc2cc3c(cc12)C=CC(C)(C)O3. The summed E-state index contributed by atoms with van der Waals surface area (Å²) in [5, 5.41) is 4.23. The van der Waals surface area contributed by atoms with Crippen molar-refractivity contribution in [2.24, 2.45) is 0 Å². The van der Waals surface area contributed by atoms with Crippen molar-refractivity contribution >= 4 is 22.7 Å². The molecule has 4 nitrogen and oxygen atoms in total. The molecule has 0 saturated heterocycles. The van der Waals surface area contributed by atoms with Crippen molar-refractivity contribution in [3.63, 3.8) is 0 Å². The zero-order chi connectivity index (χ0) is 17.2. The van der Waals surface area contributed by atoms with Gasteiger partial charge in [0.1, 0.15) is 35.1 Å². The van der Waals surface area contributed by atoms with Crippen molar-refractivity contribution in [3.8, 4) is 22.8 Å². The molecule has 25 heavy (non-hydrogen) atoms. The Morgan fingerprint density at radius 2 is 1.96 bits per heavy atom. The molecule has 4 heteroatoms. The van der Waals surface area contributed by atoms with E-state index in [2.05, 4.69) is 23.5 Å². The van der Waals surface area contributed by atoms with Crippen LogP contribution in [0.2, 0.25) is 0 Å². The summed E-state index contributed by atoms with van der Waals surface area (Å²) in [5.74, 6) is 2.60. The third-order valence-corrected chi connectivity index (χ3v) is 4.85. The van der Waals surface area contributed by atoms with Crippen LogP contribution in [0, 0.1) is 0 Å². The molecule has 0 bridgehead atoms. The minimum atomic E-state index is -0.299. The number of anilines is 1. The van der Waals surface area contributed by atoms with Gasteiger partial charge >= 0.3 is 0 Å². The lowest BCUT2D eigenvalue weighted by atomic mass is 9.98. The molecule has 5 rings (SSSR count). The van der Waals surface area contributed by atoms with Crippen molar-refractivity contribution in [3.05, 3.63) is 47.5 Å². The highest BCUT2D eigenvalue weighted by Gasteiger charge is 2.27. The van der Waals surface area contributed by atoms with E-state index in [9.17, 15) is 0 Å². The average molecular weight is 333 g/mol. The van der Waals surface area contributed by atoms with Crippen LogP contribution in [0.3, 0.4) is 0 Å². The predicted octanol–water partition coefficient (Wildman–Crippen LogP) is 5.22. The van der Waals surface area contributed by atoms with Crippen molar-refractivity contribution in [1.29, 1.82) is 0 Å². The van der Waals surface area contributed by atoms with Gasteiger partial charge in [-0.05, 0) is 38.1 Å². The molecule has 2 aliphatic rings. The number of furan rings is 1. The molecule has 0 amide bonds. The molecule has 0 saturated carbocycles. The summed E-state index contributed by atoms with van der Waals surface area (Å²) in [6.45, 7) is 4.61. The largest absolute Gasteiger partial charge is 0.488 e. The molecule has 2 aromatic carbocycles. The van der Waals surface area contributed by atoms with Crippen molar-refractivity contribution in [1.82, 2.24) is 0 Å². The second-order valence-corrected chi connectivity index (χ2v) is 7.08. The first-order valence-electron chi connectivity index (χ1n) is 8.47. The first-order valence-corrected chi connectivity index (χ1v) is 8.47. The number of benzene rings is 2. The fraction of sp³-hybridized carbons (Fsp3) is 0.238. The summed E-state index contributed by atoms with van der Waals surface area (Å²) < 4.78 is 18.3. The second kappa shape index (κ2) is 4.82. The molecule has 1 N–H and O–H groups in total. The van der Waals surface area contributed by atoms with Gasteiger partial charge in [0.2, 0.25) is 0 Å². The van der Waals surface area contributed by atoms with Crippen LogP contribution in [-0.4, -0.2) is 12.6 Å². The van der Waals surface area contributed by atoms with Crippen LogP contribution >= 0.6 is 0 Å². The van der Waals surface area contributed by atoms with Gasteiger partial charge in [0.05, 0.1) is 5.56 Å². The zero-order valence-electron chi connectivity index (χ0n) is 14.5. The number of rotatable bonds is 1. The Balaban J connectivity index is 1.70. The molecule has 3 heterocycles. The van der Waals surface area contributed by atoms with Gasteiger partial charge in [0.25, 0.3) is 0 Å². The summed E-state index contributed by atoms with van der Waals surface area (Å²) >= 11 is 0. The summed E-state index contributed by atoms with van der Waals surface area (Å²) in [7, 11) is 1.90. The van der Waals surface area contributed by atoms with Gasteiger partial charge < -0.3 is 19.2 Å². The van der Waals surface area contributed by atoms with Gasteiger partial charge in [-0.15, -0.1) is 0 Å². The molecule has 0 unspecified atom stereocenters. The zero-order valence-corrected chi connectivity index (χ0v) is 14.5. The Labute approximate surface area is 146 Å². The monoisotopic (exact) mass is 333 g/mol. The van der Waals surface area contributed by atoms with E-state index in [0.29, 0.717) is 6.61 Å². The standard InChI is InChI=1S/C21H19NO3/c1-21(2)7-6-12-8-15-16-11-23-18-9-13(22-3)4-5-14(18)20(16)24-19(15)10-17(12)25-21/h4-10,22H,11H2,1-3H3. The summed E-state index contributed by atoms with van der Waals surface area (Å²) in [4.78, 5) is 0. The van der Waals surface area contributed by atoms with Crippen LogP contribution in [0.1, 0.15) is 25.0 Å². The average Bonchev–Trinajstić information content (AvgIpc) is 2.96. The van der Waals surface area contributed by atoms with Crippen LogP contribution in [0.4, 0.5) is 5.69 Å². The van der Waals surface area contributed by atoms with E-state index in [-0.39, 0.29) is 5.60 Å². The van der Waals surface area contributed by atoms with Crippen LogP contribution < -0.4 is 14.8 Å². The molecule has 2 aliphatic heterocycles. The van der Waals surface area contributed by atoms with Gasteiger partial charge in [-0.25, -0.2) is 0 Å². The number of hydrogen-bond donors (Lipinski definition) is 1. The number of ether oxygens (including phenoxy) is 2. The quantitative estimate of drug-likeness (QED) is 0.663. The van der Waals surface area contributed by atoms with E-state index < -0.39 is 0 Å². The fourth-order valence-corrected chi connectivity index (χ4v) is 3.51. The molecule has 0 radical (unpaired) electrons. The van der Waals surface area contributed by atoms with E-state index in [1.807, 2.05) is 45.2 Å². The predicted molar refractivity (Wildman–Crippen MR) is 99.3 cm³/mol. The maximum Gasteiger partial charge on any atom is 0.145 e. The topological polar surface area (TPSA) is 43.6 Å². The lowest BCUT2D eigenvalue weighted by Gasteiger charge is -2.27. The number of hydrogen-bond acceptors (Lipinski definition) is 4. The lowest BCUT2D eigenvalue weighted by Crippen LogP contribution is -2.27. The first kappa shape index (κ1) is 14.5. The molecule has 3 aromatic rings. The van der Waals surface area contributed by atoms with Crippen molar-refractivity contribution in [2.75, 3.05) is 12.4 Å². The van der Waals surface area contributed by atoms with Gasteiger partial charge in [0, 0.05) is 41.4 Å². The van der Waals surface area contributed by atoms with Gasteiger partial charge in [0.15, 0.2) is 0 Å². The maximum absolute atomic E-state index is 6.22. The van der Waals surface area contributed by atoms with E-state index in [0.717, 1.165) is 50.6 Å². The van der Waals surface area contributed by atoms with Crippen LogP contribution in [0.25, 0.3) is 28.4 Å². The Morgan fingerprint density at radius 1 is 1.08 bits per heavy atom. The first-order chi connectivity index (χ1) is 12.0. The maximum atomic E-state index is 6.22. The Bertz CT molecular complexity index is 1040. The van der Waals surface area contributed by atoms with E-state index >= 15 is 0 Å². The molecule has 0 aliphatic carbocycles. The molecule has 0 spiro atoms. The highest BCUT2D eigenvalue weighted by molar-refractivity contribution is 5.93. The molecule has 1 aromatic heterocycles. The van der Waals surface area contributed by atoms with Crippen LogP contribution in [-0.2, 0) is 6.61 Å². The van der Waals surface area contributed by atoms with Gasteiger partial charge in [-0.2, -0.15) is 0 Å². The third-order valence-electron chi connectivity index (χ3n) is 4.85. The smallest absolute Gasteiger partial charge is 0.145 e. The number of fused-ring (bicyclic) bond motifs is 6. The summed E-state index contributed by atoms with van der Waals surface area (Å²) in [5.41, 5.74) is 4.73. The minimum Gasteiger partial charge on any atom is -0.488 e. The summed E-state index contributed by atoms with van der Waals surface area (Å²) in [6.07, 6.45) is 4.20. The minimum absolute atomic E-state index is 0.299. The third kappa shape index (κ3) is 2.14. The molecule has 0 atom stereocenters. The van der Waals surface area contributed by atoms with Gasteiger partial charge in [-0.1, -0.05) is 6.08 Å². The van der Waals surface area contributed by atoms with E-state index in [1.165, 1.54) is 0 Å². The summed E-state index contributed by atoms with van der Waals surface area (Å²) in [6, 6.07) is 10.2. The van der Waals surface area contributed by atoms with Crippen molar-refractivity contribution in [2.45, 2.75) is 26.1 Å². The van der Waals surface area contributed by atoms with Crippen LogP contribution in [0.5, 0.6) is 11.5 Å². The highest BCUT2D eigenvalue weighted by Crippen LogP contribution is 2.45. The molecular weight excluding hydrogens is 314 g/mol. The Kier molecular flexibility index (Phi) is 2.79. The highest BCUT2D eigenvalue weighted by atomic mass is 16.5. The molecular formula is C21H19NO3. The fourth-order valence-electron chi connectivity index (χ4n) is 3.51. The van der Waals surface area contributed by atoms with E-state index in [4.69, 9.17) is 13.9 Å².